The van der Waals surface area contributed by atoms with Gasteiger partial charge in [-0.15, -0.1) is 10.2 Å². The lowest BCUT2D eigenvalue weighted by Gasteiger charge is -2.05. The third kappa shape index (κ3) is 2.83. The Morgan fingerprint density at radius 1 is 1.00 bits per heavy atom. The van der Waals surface area contributed by atoms with Crippen LogP contribution in [0.3, 0.4) is 0 Å². The van der Waals surface area contributed by atoms with Crippen LogP contribution in [0.25, 0.3) is 22.4 Å². The summed E-state index contributed by atoms with van der Waals surface area (Å²) in [5, 5.41) is 13.2. The third-order valence-electron chi connectivity index (χ3n) is 3.67. The van der Waals surface area contributed by atoms with Crippen LogP contribution in [0.15, 0.2) is 48.5 Å². The number of fused-ring (bicyclic) bond motifs is 1. The largest absolute Gasteiger partial charge is 0.250 e. The predicted octanol–water partition coefficient (Wildman–Crippen LogP) is 3.29. The van der Waals surface area contributed by atoms with Gasteiger partial charge in [0.15, 0.2) is 0 Å². The van der Waals surface area contributed by atoms with E-state index in [-0.39, 0.29) is 0 Å². The SMILES string of the molecule is Cc1nc2ccccc2nc1Cn1nnc(-c2cccc(Cl)c2)n1. The molecule has 0 aliphatic heterocycles. The minimum Gasteiger partial charge on any atom is -0.250 e. The number of aromatic nitrogens is 6. The highest BCUT2D eigenvalue weighted by molar-refractivity contribution is 6.30. The first-order valence-corrected chi connectivity index (χ1v) is 7.83. The Hall–Kier alpha value is -2.86. The molecule has 0 radical (unpaired) electrons. The van der Waals surface area contributed by atoms with Crippen LogP contribution in [-0.4, -0.2) is 30.2 Å². The molecule has 0 atom stereocenters. The number of benzene rings is 2. The highest BCUT2D eigenvalue weighted by Crippen LogP contribution is 2.19. The third-order valence-corrected chi connectivity index (χ3v) is 3.90. The molecule has 0 fully saturated rings. The molecule has 4 aromatic rings. The van der Waals surface area contributed by atoms with Gasteiger partial charge >= 0.3 is 0 Å². The van der Waals surface area contributed by atoms with Gasteiger partial charge in [0.05, 0.1) is 22.4 Å². The second-order valence-electron chi connectivity index (χ2n) is 5.40. The van der Waals surface area contributed by atoms with Crippen molar-refractivity contribution in [2.24, 2.45) is 0 Å². The number of para-hydroxylation sites is 2. The molecule has 2 aromatic heterocycles. The van der Waals surface area contributed by atoms with E-state index in [2.05, 4.69) is 25.4 Å². The molecule has 0 aliphatic rings. The fourth-order valence-corrected chi connectivity index (χ4v) is 2.65. The summed E-state index contributed by atoms with van der Waals surface area (Å²) in [5.74, 6) is 0.531. The molecule has 2 heterocycles. The first-order valence-electron chi connectivity index (χ1n) is 7.45. The monoisotopic (exact) mass is 336 g/mol. The van der Waals surface area contributed by atoms with Crippen molar-refractivity contribution in [3.63, 3.8) is 0 Å². The molecule has 0 bridgehead atoms. The summed E-state index contributed by atoms with van der Waals surface area (Å²) >= 11 is 6.01. The average molecular weight is 337 g/mol. The number of rotatable bonds is 3. The van der Waals surface area contributed by atoms with Crippen LogP contribution < -0.4 is 0 Å². The van der Waals surface area contributed by atoms with E-state index in [9.17, 15) is 0 Å². The summed E-state index contributed by atoms with van der Waals surface area (Å²) in [6, 6.07) is 15.2. The van der Waals surface area contributed by atoms with Crippen LogP contribution in [0, 0.1) is 6.92 Å². The van der Waals surface area contributed by atoms with Gasteiger partial charge < -0.3 is 0 Å². The molecule has 0 N–H and O–H groups in total. The van der Waals surface area contributed by atoms with Gasteiger partial charge in [0.25, 0.3) is 0 Å². The zero-order chi connectivity index (χ0) is 16.5. The molecule has 4 rings (SSSR count). The first kappa shape index (κ1) is 14.7. The Labute approximate surface area is 143 Å². The van der Waals surface area contributed by atoms with Crippen molar-refractivity contribution in [1.82, 2.24) is 30.2 Å². The lowest BCUT2D eigenvalue weighted by Crippen LogP contribution is -2.09. The molecule has 2 aromatic carbocycles. The van der Waals surface area contributed by atoms with Gasteiger partial charge in [0.2, 0.25) is 5.82 Å². The van der Waals surface area contributed by atoms with Crippen molar-refractivity contribution in [3.05, 3.63) is 64.9 Å². The zero-order valence-electron chi connectivity index (χ0n) is 12.9. The number of hydrogen-bond acceptors (Lipinski definition) is 5. The minimum atomic E-state index is 0.414. The number of aryl methyl sites for hydroxylation is 1. The maximum atomic E-state index is 6.01. The molecule has 118 valence electrons. The zero-order valence-corrected chi connectivity index (χ0v) is 13.6. The topological polar surface area (TPSA) is 69.4 Å². The van der Waals surface area contributed by atoms with E-state index < -0.39 is 0 Å². The lowest BCUT2D eigenvalue weighted by atomic mass is 10.2. The molecule has 0 aliphatic carbocycles. The van der Waals surface area contributed by atoms with Gasteiger partial charge in [-0.3, -0.25) is 0 Å². The van der Waals surface area contributed by atoms with Gasteiger partial charge in [0, 0.05) is 10.6 Å². The maximum absolute atomic E-state index is 6.01. The van der Waals surface area contributed by atoms with Crippen molar-refractivity contribution in [1.29, 1.82) is 0 Å². The molecule has 0 saturated heterocycles. The second-order valence-corrected chi connectivity index (χ2v) is 5.83. The van der Waals surface area contributed by atoms with E-state index in [1.54, 1.807) is 0 Å². The molecule has 0 saturated carbocycles. The van der Waals surface area contributed by atoms with Crippen molar-refractivity contribution < 1.29 is 0 Å². The number of tetrazole rings is 1. The fraction of sp³-hybridized carbons (Fsp3) is 0.118. The Kier molecular flexibility index (Phi) is 3.66. The number of halogens is 1. The molecule has 0 amide bonds. The Bertz CT molecular complexity index is 1030. The summed E-state index contributed by atoms with van der Waals surface area (Å²) in [6.45, 7) is 2.35. The molecular formula is C17H13ClN6. The number of nitrogens with zero attached hydrogens (tertiary/aromatic N) is 6. The van der Waals surface area contributed by atoms with E-state index in [0.29, 0.717) is 17.4 Å². The Morgan fingerprint density at radius 2 is 1.79 bits per heavy atom. The molecule has 24 heavy (non-hydrogen) atoms. The van der Waals surface area contributed by atoms with E-state index >= 15 is 0 Å². The van der Waals surface area contributed by atoms with Crippen LogP contribution in [0.4, 0.5) is 0 Å². The summed E-state index contributed by atoms with van der Waals surface area (Å²) in [4.78, 5) is 10.7. The number of hydrogen-bond donors (Lipinski definition) is 0. The molecular weight excluding hydrogens is 324 g/mol. The molecule has 0 unspecified atom stereocenters. The second kappa shape index (κ2) is 5.98. The fourth-order valence-electron chi connectivity index (χ4n) is 2.46. The predicted molar refractivity (Wildman–Crippen MR) is 91.6 cm³/mol. The lowest BCUT2D eigenvalue weighted by molar-refractivity contribution is 0.562. The van der Waals surface area contributed by atoms with Gasteiger partial charge in [-0.25, -0.2) is 9.97 Å². The summed E-state index contributed by atoms with van der Waals surface area (Å²) in [5.41, 5.74) is 4.24. The molecule has 7 heteroatoms. The van der Waals surface area contributed by atoms with Crippen molar-refractivity contribution >= 4 is 22.6 Å². The Morgan fingerprint density at radius 3 is 2.58 bits per heavy atom. The maximum Gasteiger partial charge on any atom is 0.204 e. The standard InChI is InChI=1S/C17H13ClN6/c1-11-16(20-15-8-3-2-7-14(15)19-11)10-24-22-17(21-23-24)12-5-4-6-13(18)9-12/h2-9H,10H2,1H3. The van der Waals surface area contributed by atoms with E-state index in [0.717, 1.165) is 28.0 Å². The van der Waals surface area contributed by atoms with Crippen LogP contribution in [-0.2, 0) is 6.54 Å². The Balaban J connectivity index is 1.65. The van der Waals surface area contributed by atoms with Crippen molar-refractivity contribution in [3.8, 4) is 11.4 Å². The van der Waals surface area contributed by atoms with Crippen LogP contribution in [0.2, 0.25) is 5.02 Å². The van der Waals surface area contributed by atoms with Gasteiger partial charge in [0.1, 0.15) is 6.54 Å². The van der Waals surface area contributed by atoms with Crippen molar-refractivity contribution in [2.75, 3.05) is 0 Å². The minimum absolute atomic E-state index is 0.414. The quantitative estimate of drug-likeness (QED) is 0.574. The smallest absolute Gasteiger partial charge is 0.204 e. The van der Waals surface area contributed by atoms with E-state index in [4.69, 9.17) is 11.6 Å². The highest BCUT2D eigenvalue weighted by atomic mass is 35.5. The van der Waals surface area contributed by atoms with Crippen LogP contribution >= 0.6 is 11.6 Å². The molecule has 6 nitrogen and oxygen atoms in total. The van der Waals surface area contributed by atoms with Gasteiger partial charge in [-0.1, -0.05) is 35.9 Å². The summed E-state index contributed by atoms with van der Waals surface area (Å²) in [7, 11) is 0. The average Bonchev–Trinajstić information content (AvgIpc) is 3.04. The van der Waals surface area contributed by atoms with E-state index in [1.165, 1.54) is 4.80 Å². The highest BCUT2D eigenvalue weighted by Gasteiger charge is 2.10. The van der Waals surface area contributed by atoms with Gasteiger partial charge in [-0.05, 0) is 36.4 Å². The normalized spacial score (nSPS) is 11.1. The van der Waals surface area contributed by atoms with Gasteiger partial charge in [-0.2, -0.15) is 4.80 Å². The van der Waals surface area contributed by atoms with Crippen LogP contribution in [0.1, 0.15) is 11.4 Å². The van der Waals surface area contributed by atoms with E-state index in [1.807, 2.05) is 55.5 Å². The van der Waals surface area contributed by atoms with Crippen molar-refractivity contribution in [2.45, 2.75) is 13.5 Å². The summed E-state index contributed by atoms with van der Waals surface area (Å²) in [6.07, 6.45) is 0. The summed E-state index contributed by atoms with van der Waals surface area (Å²) < 4.78 is 0. The van der Waals surface area contributed by atoms with Crippen LogP contribution in [0.5, 0.6) is 0 Å². The molecule has 0 spiro atoms. The first-order chi connectivity index (χ1) is 11.7.